The molecule has 9 heteroatoms. The van der Waals surface area contributed by atoms with Gasteiger partial charge in [0.1, 0.15) is 18.5 Å². The molecule has 1 aliphatic rings. The molecule has 0 saturated heterocycles. The van der Waals surface area contributed by atoms with E-state index in [1.807, 2.05) is 36.4 Å². The van der Waals surface area contributed by atoms with E-state index in [4.69, 9.17) is 4.74 Å². The summed E-state index contributed by atoms with van der Waals surface area (Å²) in [6.07, 6.45) is -0.413. The lowest BCUT2D eigenvalue weighted by Gasteiger charge is -2.22. The number of carboxylic acid groups (broad SMARTS) is 1. The predicted octanol–water partition coefficient (Wildman–Crippen LogP) is 3.72. The first-order chi connectivity index (χ1) is 16.3. The summed E-state index contributed by atoms with van der Waals surface area (Å²) in [6.45, 7) is 1.84. The standard InChI is InChI=1S/C25H26N4O5/c1-4-21(24(31)32)28(2)23(30)20-13-22(29(3)27-20)26-25(33)34-14-19-17-11-7-5-9-15(17)16-10-6-8-12-18(16)19/h5-13,19,21H,4,14H2,1-3H3,(H,26,33)(H,31,32). The minimum atomic E-state index is -1.09. The lowest BCUT2D eigenvalue weighted by Crippen LogP contribution is -2.42. The van der Waals surface area contributed by atoms with Crippen molar-refractivity contribution >= 4 is 23.8 Å². The number of hydrogen-bond donors (Lipinski definition) is 2. The van der Waals surface area contributed by atoms with Gasteiger partial charge < -0.3 is 14.7 Å². The van der Waals surface area contributed by atoms with Crippen LogP contribution in [0.3, 0.4) is 0 Å². The number of aromatic nitrogens is 2. The van der Waals surface area contributed by atoms with E-state index in [1.165, 1.54) is 17.8 Å². The Morgan fingerprint density at radius 2 is 1.71 bits per heavy atom. The van der Waals surface area contributed by atoms with Crippen LogP contribution in [0.2, 0.25) is 0 Å². The Hall–Kier alpha value is -4.14. The lowest BCUT2D eigenvalue weighted by molar-refractivity contribution is -0.142. The van der Waals surface area contributed by atoms with E-state index in [2.05, 4.69) is 22.5 Å². The maximum atomic E-state index is 12.7. The van der Waals surface area contributed by atoms with E-state index in [0.29, 0.717) is 0 Å². The van der Waals surface area contributed by atoms with E-state index in [-0.39, 0.29) is 30.5 Å². The minimum Gasteiger partial charge on any atom is -0.480 e. The molecular weight excluding hydrogens is 436 g/mol. The Kier molecular flexibility index (Phi) is 6.36. The first kappa shape index (κ1) is 23.0. The monoisotopic (exact) mass is 462 g/mol. The molecule has 2 aromatic carbocycles. The second kappa shape index (κ2) is 9.38. The molecule has 1 unspecified atom stereocenters. The summed E-state index contributed by atoms with van der Waals surface area (Å²) in [5.74, 6) is -1.45. The van der Waals surface area contributed by atoms with Gasteiger partial charge in [0.05, 0.1) is 0 Å². The summed E-state index contributed by atoms with van der Waals surface area (Å²) in [7, 11) is 2.99. The highest BCUT2D eigenvalue weighted by Crippen LogP contribution is 2.44. The molecule has 4 rings (SSSR count). The number of rotatable bonds is 7. The van der Waals surface area contributed by atoms with Crippen LogP contribution in [-0.2, 0) is 16.6 Å². The van der Waals surface area contributed by atoms with Gasteiger partial charge in [0.2, 0.25) is 0 Å². The maximum absolute atomic E-state index is 12.7. The third-order valence-electron chi connectivity index (χ3n) is 6.13. The van der Waals surface area contributed by atoms with Crippen molar-refractivity contribution in [3.05, 3.63) is 71.4 Å². The van der Waals surface area contributed by atoms with Crippen LogP contribution in [0.5, 0.6) is 0 Å². The molecule has 34 heavy (non-hydrogen) atoms. The molecule has 0 fully saturated rings. The van der Waals surface area contributed by atoms with Crippen LogP contribution < -0.4 is 5.32 Å². The summed E-state index contributed by atoms with van der Waals surface area (Å²) >= 11 is 0. The number of aryl methyl sites for hydroxylation is 1. The van der Waals surface area contributed by atoms with Crippen molar-refractivity contribution in [1.82, 2.24) is 14.7 Å². The van der Waals surface area contributed by atoms with Crippen LogP contribution in [0, 0.1) is 0 Å². The second-order valence-corrected chi connectivity index (χ2v) is 8.17. The maximum Gasteiger partial charge on any atom is 0.412 e. The van der Waals surface area contributed by atoms with Gasteiger partial charge in [0, 0.05) is 26.1 Å². The molecule has 0 radical (unpaired) electrons. The van der Waals surface area contributed by atoms with Crippen molar-refractivity contribution in [2.45, 2.75) is 25.3 Å². The number of amides is 2. The average Bonchev–Trinajstić information content (AvgIpc) is 3.35. The van der Waals surface area contributed by atoms with E-state index < -0.39 is 24.0 Å². The molecule has 1 aliphatic carbocycles. The SMILES string of the molecule is CCC(C(=O)O)N(C)C(=O)c1cc(NC(=O)OCC2c3ccccc3-c3ccccc32)n(C)n1. The van der Waals surface area contributed by atoms with Gasteiger partial charge in [-0.05, 0) is 28.7 Å². The molecular formula is C25H26N4O5. The minimum absolute atomic E-state index is 0.0265. The molecule has 9 nitrogen and oxygen atoms in total. The Bertz CT molecular complexity index is 1210. The van der Waals surface area contributed by atoms with Crippen LogP contribution in [-0.4, -0.2) is 57.5 Å². The summed E-state index contributed by atoms with van der Waals surface area (Å²) in [5, 5.41) is 16.0. The quantitative estimate of drug-likeness (QED) is 0.553. The van der Waals surface area contributed by atoms with Gasteiger partial charge in [-0.2, -0.15) is 5.10 Å². The highest BCUT2D eigenvalue weighted by molar-refractivity contribution is 5.96. The number of carbonyl (C=O) groups excluding carboxylic acids is 2. The van der Waals surface area contributed by atoms with Crippen LogP contribution >= 0.6 is 0 Å². The molecule has 176 valence electrons. The average molecular weight is 463 g/mol. The first-order valence-electron chi connectivity index (χ1n) is 11.0. The normalized spacial score (nSPS) is 13.0. The number of aliphatic carboxylic acids is 1. The fourth-order valence-corrected chi connectivity index (χ4v) is 4.36. The summed E-state index contributed by atoms with van der Waals surface area (Å²) in [5.41, 5.74) is 4.52. The van der Waals surface area contributed by atoms with Gasteiger partial charge in [-0.25, -0.2) is 9.59 Å². The molecule has 1 aromatic heterocycles. The fraction of sp³-hybridized carbons (Fsp3) is 0.280. The zero-order valence-corrected chi connectivity index (χ0v) is 19.2. The Morgan fingerprint density at radius 1 is 1.12 bits per heavy atom. The summed E-state index contributed by atoms with van der Waals surface area (Å²) < 4.78 is 6.88. The van der Waals surface area contributed by atoms with Gasteiger partial charge in [-0.3, -0.25) is 14.8 Å². The number of ether oxygens (including phenoxy) is 1. The largest absolute Gasteiger partial charge is 0.480 e. The Labute approximate surface area is 196 Å². The van der Waals surface area contributed by atoms with E-state index >= 15 is 0 Å². The number of anilines is 1. The summed E-state index contributed by atoms with van der Waals surface area (Å²) in [6, 6.07) is 16.6. The number of nitrogens with one attached hydrogen (secondary N) is 1. The number of hydrogen-bond acceptors (Lipinski definition) is 5. The van der Waals surface area contributed by atoms with Crippen molar-refractivity contribution < 1.29 is 24.2 Å². The van der Waals surface area contributed by atoms with E-state index in [9.17, 15) is 19.5 Å². The number of fused-ring (bicyclic) bond motifs is 3. The van der Waals surface area contributed by atoms with Crippen molar-refractivity contribution in [1.29, 1.82) is 0 Å². The number of carbonyl (C=O) groups is 3. The molecule has 0 saturated carbocycles. The predicted molar refractivity (Wildman–Crippen MR) is 126 cm³/mol. The van der Waals surface area contributed by atoms with Crippen molar-refractivity contribution in [3.8, 4) is 11.1 Å². The molecule has 3 aromatic rings. The van der Waals surface area contributed by atoms with Crippen LogP contribution in [0.25, 0.3) is 11.1 Å². The number of nitrogens with zero attached hydrogens (tertiary/aromatic N) is 3. The van der Waals surface area contributed by atoms with Crippen molar-refractivity contribution in [2.24, 2.45) is 7.05 Å². The second-order valence-electron chi connectivity index (χ2n) is 8.17. The summed E-state index contributed by atoms with van der Waals surface area (Å²) in [4.78, 5) is 37.7. The molecule has 1 atom stereocenters. The number of benzene rings is 2. The third kappa shape index (κ3) is 4.24. The Balaban J connectivity index is 1.43. The molecule has 0 bridgehead atoms. The van der Waals surface area contributed by atoms with Gasteiger partial charge >= 0.3 is 12.1 Å². The van der Waals surface area contributed by atoms with Gasteiger partial charge in [0.25, 0.3) is 5.91 Å². The van der Waals surface area contributed by atoms with Gasteiger partial charge in [-0.15, -0.1) is 0 Å². The fourth-order valence-electron chi connectivity index (χ4n) is 4.36. The zero-order chi connectivity index (χ0) is 24.4. The topological polar surface area (TPSA) is 114 Å². The lowest BCUT2D eigenvalue weighted by atomic mass is 9.98. The smallest absolute Gasteiger partial charge is 0.412 e. The van der Waals surface area contributed by atoms with Crippen molar-refractivity contribution in [3.63, 3.8) is 0 Å². The van der Waals surface area contributed by atoms with Crippen LogP contribution in [0.1, 0.15) is 40.9 Å². The van der Waals surface area contributed by atoms with Crippen molar-refractivity contribution in [2.75, 3.05) is 19.0 Å². The molecule has 0 aliphatic heterocycles. The van der Waals surface area contributed by atoms with E-state index in [0.717, 1.165) is 27.2 Å². The zero-order valence-electron chi connectivity index (χ0n) is 19.2. The molecule has 1 heterocycles. The Morgan fingerprint density at radius 3 is 2.26 bits per heavy atom. The highest BCUT2D eigenvalue weighted by atomic mass is 16.5. The highest BCUT2D eigenvalue weighted by Gasteiger charge is 2.30. The molecule has 2 amide bonds. The van der Waals surface area contributed by atoms with Crippen LogP contribution in [0.15, 0.2) is 54.6 Å². The van der Waals surface area contributed by atoms with Gasteiger partial charge in [0.15, 0.2) is 5.69 Å². The first-order valence-corrected chi connectivity index (χ1v) is 11.0. The van der Waals surface area contributed by atoms with Crippen LogP contribution in [0.4, 0.5) is 10.6 Å². The van der Waals surface area contributed by atoms with E-state index in [1.54, 1.807) is 14.0 Å². The number of likely N-dealkylation sites (N-methyl/N-ethyl adjacent to an activating group) is 1. The number of carboxylic acids is 1. The third-order valence-corrected chi connectivity index (χ3v) is 6.13. The molecule has 0 spiro atoms. The molecule has 2 N–H and O–H groups in total. The van der Waals surface area contributed by atoms with Gasteiger partial charge in [-0.1, -0.05) is 55.5 Å².